The number of aromatic nitrogens is 2. The second-order valence-electron chi connectivity index (χ2n) is 7.34. The molecule has 0 saturated carbocycles. The Hall–Kier alpha value is -3.21. The molecule has 32 heavy (non-hydrogen) atoms. The number of morpholine rings is 1. The highest BCUT2D eigenvalue weighted by Gasteiger charge is 2.18. The summed E-state index contributed by atoms with van der Waals surface area (Å²) in [5, 5.41) is 21.9. The first-order valence-electron chi connectivity index (χ1n) is 9.75. The minimum Gasteiger partial charge on any atom is -0.494 e. The lowest BCUT2D eigenvalue weighted by Gasteiger charge is -2.26. The number of fused-ring (bicyclic) bond motifs is 1. The minimum absolute atomic E-state index is 0. The third kappa shape index (κ3) is 6.16. The van der Waals surface area contributed by atoms with Gasteiger partial charge in [0.05, 0.1) is 29.4 Å². The molecule has 3 aromatic rings. The van der Waals surface area contributed by atoms with Crippen LogP contribution < -0.4 is 0 Å². The van der Waals surface area contributed by atoms with E-state index in [9.17, 15) is 20.0 Å². The molecule has 1 aliphatic rings. The molecule has 0 aliphatic carbocycles. The third-order valence-corrected chi connectivity index (χ3v) is 4.77. The van der Waals surface area contributed by atoms with Crippen LogP contribution in [-0.4, -0.2) is 76.6 Å². The number of H-pyrrole nitrogens is 1. The van der Waals surface area contributed by atoms with Gasteiger partial charge in [-0.1, -0.05) is 6.07 Å². The Morgan fingerprint density at radius 1 is 1.28 bits per heavy atom. The molecule has 1 amide bonds. The number of nitrogens with zero attached hydrogens (tertiary/aromatic N) is 4. The Bertz CT molecular complexity index is 1050. The smallest absolute Gasteiger partial charge is 0.270 e. The van der Waals surface area contributed by atoms with Gasteiger partial charge in [0.1, 0.15) is 0 Å². The van der Waals surface area contributed by atoms with Crippen molar-refractivity contribution in [2.24, 2.45) is 0 Å². The molecule has 2 aromatic heterocycles. The number of hydrogen-bond donors (Lipinski definition) is 2. The fourth-order valence-electron chi connectivity index (χ4n) is 3.22. The summed E-state index contributed by atoms with van der Waals surface area (Å²) in [4.78, 5) is 31.1. The molecule has 1 aliphatic heterocycles. The normalized spacial score (nSPS) is 13.6. The van der Waals surface area contributed by atoms with Crippen molar-refractivity contribution >= 4 is 35.4 Å². The Labute approximate surface area is 191 Å². The van der Waals surface area contributed by atoms with Gasteiger partial charge in [0.2, 0.25) is 6.41 Å². The monoisotopic (exact) mass is 463 g/mol. The third-order valence-electron chi connectivity index (χ3n) is 4.77. The van der Waals surface area contributed by atoms with Gasteiger partial charge in [-0.15, -0.1) is 12.4 Å². The molecule has 0 atom stereocenters. The standard InChI is InChI=1S/C18H18N4O4.C3H7NO.ClH/c23-18-17(14-9-13(22(24)25)2-4-15(14)20-18)16-3-1-12(10-19-16)11-21-5-7-26-8-6-21;1-4(2)3-5;/h1-4,9-10,20,23H,5-8,11H2;3H,1-2H3;1H. The number of aromatic amines is 1. The highest BCUT2D eigenvalue weighted by atomic mass is 35.5. The van der Waals surface area contributed by atoms with E-state index in [0.29, 0.717) is 22.2 Å². The topological polar surface area (TPSA) is 125 Å². The number of aromatic hydroxyl groups is 1. The number of carbonyl (C=O) groups excluding carboxylic acids is 1. The number of benzene rings is 1. The molecule has 0 spiro atoms. The summed E-state index contributed by atoms with van der Waals surface area (Å²) < 4.78 is 5.35. The van der Waals surface area contributed by atoms with Crippen molar-refractivity contribution in [2.45, 2.75) is 6.54 Å². The summed E-state index contributed by atoms with van der Waals surface area (Å²) in [6.07, 6.45) is 2.53. The van der Waals surface area contributed by atoms with Gasteiger partial charge in [0, 0.05) is 63.0 Å². The molecule has 172 valence electrons. The van der Waals surface area contributed by atoms with Gasteiger partial charge in [0.15, 0.2) is 5.88 Å². The number of pyridine rings is 1. The van der Waals surface area contributed by atoms with Gasteiger partial charge >= 0.3 is 0 Å². The molecule has 1 saturated heterocycles. The molecular formula is C21H26ClN5O5. The van der Waals surface area contributed by atoms with E-state index in [0.717, 1.165) is 44.8 Å². The second-order valence-corrected chi connectivity index (χ2v) is 7.34. The summed E-state index contributed by atoms with van der Waals surface area (Å²) in [7, 11) is 3.38. The highest BCUT2D eigenvalue weighted by Crippen LogP contribution is 2.37. The van der Waals surface area contributed by atoms with Crippen LogP contribution in [0.1, 0.15) is 5.56 Å². The van der Waals surface area contributed by atoms with Crippen LogP contribution in [0.4, 0.5) is 5.69 Å². The summed E-state index contributed by atoms with van der Waals surface area (Å²) in [6, 6.07) is 8.24. The number of ether oxygens (including phenoxy) is 1. The maximum Gasteiger partial charge on any atom is 0.270 e. The molecule has 0 unspecified atom stereocenters. The van der Waals surface area contributed by atoms with Crippen molar-refractivity contribution in [2.75, 3.05) is 40.4 Å². The zero-order valence-corrected chi connectivity index (χ0v) is 18.7. The first kappa shape index (κ1) is 25.1. The van der Waals surface area contributed by atoms with Crippen LogP contribution in [0.3, 0.4) is 0 Å². The zero-order valence-electron chi connectivity index (χ0n) is 17.9. The number of nitro groups is 1. The lowest BCUT2D eigenvalue weighted by molar-refractivity contribution is -0.384. The van der Waals surface area contributed by atoms with E-state index in [-0.39, 0.29) is 24.0 Å². The number of carbonyl (C=O) groups is 1. The molecule has 10 nitrogen and oxygen atoms in total. The molecule has 4 rings (SSSR count). The lowest BCUT2D eigenvalue weighted by Crippen LogP contribution is -2.35. The average Bonchev–Trinajstić information content (AvgIpc) is 3.10. The van der Waals surface area contributed by atoms with Crippen molar-refractivity contribution in [3.8, 4) is 17.1 Å². The molecular weight excluding hydrogens is 438 g/mol. The van der Waals surface area contributed by atoms with Crippen LogP contribution in [0, 0.1) is 10.1 Å². The van der Waals surface area contributed by atoms with Crippen LogP contribution in [0.2, 0.25) is 0 Å². The van der Waals surface area contributed by atoms with Crippen molar-refractivity contribution in [1.82, 2.24) is 19.8 Å². The second kappa shape index (κ2) is 11.4. The number of non-ortho nitro benzene ring substituents is 1. The van der Waals surface area contributed by atoms with Crippen LogP contribution in [0.5, 0.6) is 5.88 Å². The molecule has 11 heteroatoms. The van der Waals surface area contributed by atoms with Crippen LogP contribution in [-0.2, 0) is 16.1 Å². The molecule has 0 radical (unpaired) electrons. The molecule has 1 aromatic carbocycles. The Morgan fingerprint density at radius 3 is 2.53 bits per heavy atom. The first-order chi connectivity index (χ1) is 14.9. The van der Waals surface area contributed by atoms with E-state index in [1.165, 1.54) is 17.0 Å². The number of halogens is 1. The van der Waals surface area contributed by atoms with Gasteiger partial charge < -0.3 is 19.7 Å². The van der Waals surface area contributed by atoms with E-state index in [1.54, 1.807) is 26.4 Å². The Morgan fingerprint density at radius 2 is 1.97 bits per heavy atom. The largest absolute Gasteiger partial charge is 0.494 e. The van der Waals surface area contributed by atoms with Crippen LogP contribution in [0.25, 0.3) is 22.2 Å². The summed E-state index contributed by atoms with van der Waals surface area (Å²) >= 11 is 0. The average molecular weight is 464 g/mol. The van der Waals surface area contributed by atoms with Crippen molar-refractivity contribution in [1.29, 1.82) is 0 Å². The fourth-order valence-corrected chi connectivity index (χ4v) is 3.22. The van der Waals surface area contributed by atoms with Gasteiger partial charge in [-0.2, -0.15) is 0 Å². The maximum atomic E-state index is 11.0. The highest BCUT2D eigenvalue weighted by molar-refractivity contribution is 5.99. The molecule has 2 N–H and O–H groups in total. The van der Waals surface area contributed by atoms with E-state index < -0.39 is 4.92 Å². The SMILES string of the molecule is CN(C)C=O.Cl.O=[N+]([O-])c1ccc2[nH]c(O)c(-c3ccc(CN4CCOCC4)cn3)c2c1. The predicted molar refractivity (Wildman–Crippen MR) is 123 cm³/mol. The molecule has 0 bridgehead atoms. The van der Waals surface area contributed by atoms with E-state index in [4.69, 9.17) is 4.74 Å². The van der Waals surface area contributed by atoms with Crippen molar-refractivity contribution in [3.05, 3.63) is 52.2 Å². The van der Waals surface area contributed by atoms with Crippen LogP contribution in [0.15, 0.2) is 36.5 Å². The number of nitrogens with one attached hydrogen (secondary N) is 1. The van der Waals surface area contributed by atoms with E-state index >= 15 is 0 Å². The fraction of sp³-hybridized carbons (Fsp3) is 0.333. The van der Waals surface area contributed by atoms with Crippen molar-refractivity contribution < 1.29 is 19.6 Å². The molecule has 1 fully saturated rings. The zero-order chi connectivity index (χ0) is 22.4. The minimum atomic E-state index is -0.452. The van der Waals surface area contributed by atoms with Gasteiger partial charge in [0.25, 0.3) is 5.69 Å². The first-order valence-corrected chi connectivity index (χ1v) is 9.75. The summed E-state index contributed by atoms with van der Waals surface area (Å²) in [5.74, 6) is -0.0473. The number of hydrogen-bond acceptors (Lipinski definition) is 7. The van der Waals surface area contributed by atoms with Gasteiger partial charge in [-0.25, -0.2) is 0 Å². The van der Waals surface area contributed by atoms with E-state index in [2.05, 4.69) is 14.9 Å². The molecule has 3 heterocycles. The summed E-state index contributed by atoms with van der Waals surface area (Å²) in [5.41, 5.74) is 2.71. The Kier molecular flexibility index (Phi) is 8.94. The predicted octanol–water partition coefficient (Wildman–Crippen LogP) is 2.80. The number of nitro benzene ring substituents is 1. The summed E-state index contributed by atoms with van der Waals surface area (Å²) in [6.45, 7) is 4.08. The van der Waals surface area contributed by atoms with E-state index in [1.807, 2.05) is 12.1 Å². The lowest BCUT2D eigenvalue weighted by atomic mass is 10.1. The quantitative estimate of drug-likeness (QED) is 0.338. The Balaban J connectivity index is 0.000000548. The number of amides is 1. The maximum absolute atomic E-state index is 11.0. The van der Waals surface area contributed by atoms with Gasteiger partial charge in [-0.3, -0.25) is 24.8 Å². The van der Waals surface area contributed by atoms with Crippen LogP contribution >= 0.6 is 12.4 Å². The number of rotatable bonds is 5. The van der Waals surface area contributed by atoms with Gasteiger partial charge in [-0.05, 0) is 17.7 Å². The van der Waals surface area contributed by atoms with Crippen molar-refractivity contribution in [3.63, 3.8) is 0 Å².